The van der Waals surface area contributed by atoms with Crippen LogP contribution in [0.15, 0.2) is 64.5 Å². The molecule has 2 aromatic carbocycles. The molecule has 0 aliphatic carbocycles. The molecular weight excluding hydrogens is 344 g/mol. The molecule has 0 saturated carbocycles. The summed E-state index contributed by atoms with van der Waals surface area (Å²) in [6, 6.07) is 15.0. The van der Waals surface area contributed by atoms with Gasteiger partial charge in [-0.2, -0.15) is 5.26 Å². The Balaban J connectivity index is 2.25. The zero-order valence-electron chi connectivity index (χ0n) is 13.3. The van der Waals surface area contributed by atoms with E-state index in [1.54, 1.807) is 6.07 Å². The molecule has 1 N–H and O–H groups in total. The predicted octanol–water partition coefficient (Wildman–Crippen LogP) is 4.71. The molecule has 24 heavy (non-hydrogen) atoms. The van der Waals surface area contributed by atoms with Crippen molar-refractivity contribution in [3.63, 3.8) is 0 Å². The van der Waals surface area contributed by atoms with Crippen LogP contribution in [0.1, 0.15) is 25.3 Å². The number of nitrogens with one attached hydrogen (secondary N) is 1. The third-order valence-electron chi connectivity index (χ3n) is 3.47. The Morgan fingerprint density at radius 2 is 1.71 bits per heavy atom. The summed E-state index contributed by atoms with van der Waals surface area (Å²) in [5.41, 5.74) is 1.89. The molecule has 0 radical (unpaired) electrons. The van der Waals surface area contributed by atoms with E-state index in [1.165, 1.54) is 36.0 Å². The Labute approximate surface area is 147 Å². The molecule has 0 aliphatic rings. The normalized spacial score (nSPS) is 12.0. The molecule has 0 fully saturated rings. The Morgan fingerprint density at radius 1 is 1.12 bits per heavy atom. The molecule has 4 nitrogen and oxygen atoms in total. The van der Waals surface area contributed by atoms with Gasteiger partial charge in [0.05, 0.1) is 4.90 Å². The number of hydrogen-bond donors (Lipinski definition) is 1. The lowest BCUT2D eigenvalue weighted by Gasteiger charge is -2.07. The van der Waals surface area contributed by atoms with Crippen LogP contribution in [-0.2, 0) is 9.84 Å². The van der Waals surface area contributed by atoms with E-state index in [9.17, 15) is 13.7 Å². The van der Waals surface area contributed by atoms with E-state index in [2.05, 4.69) is 19.2 Å². The minimum Gasteiger partial charge on any atom is -0.360 e. The largest absolute Gasteiger partial charge is 0.360 e. The molecule has 0 bridgehead atoms. The average Bonchev–Trinajstić information content (AvgIpc) is 2.56. The lowest BCUT2D eigenvalue weighted by atomic mass is 10.0. The minimum absolute atomic E-state index is 0.0247. The van der Waals surface area contributed by atoms with Crippen LogP contribution in [0.4, 0.5) is 5.69 Å². The number of sulfone groups is 1. The Hall–Kier alpha value is -2.29. The zero-order chi connectivity index (χ0) is 17.7. The quantitative estimate of drug-likeness (QED) is 0.783. The second-order valence-electron chi connectivity index (χ2n) is 5.50. The van der Waals surface area contributed by atoms with Crippen molar-refractivity contribution in [1.29, 1.82) is 5.26 Å². The van der Waals surface area contributed by atoms with Gasteiger partial charge in [0.25, 0.3) is 0 Å². The number of nitrogens with zero attached hydrogens (tertiary/aromatic N) is 1. The SMILES string of the molecule is CC(C)c1ccc(N/C=C(/C#N)S(=O)(=O)c2ccc(Cl)cc2)cc1. The first-order valence-electron chi connectivity index (χ1n) is 7.32. The number of anilines is 1. The van der Waals surface area contributed by atoms with E-state index < -0.39 is 9.84 Å². The van der Waals surface area contributed by atoms with E-state index in [-0.39, 0.29) is 9.80 Å². The zero-order valence-corrected chi connectivity index (χ0v) is 14.9. The lowest BCUT2D eigenvalue weighted by Crippen LogP contribution is -2.05. The molecule has 0 aromatic heterocycles. The van der Waals surface area contributed by atoms with Gasteiger partial charge in [0.15, 0.2) is 4.91 Å². The summed E-state index contributed by atoms with van der Waals surface area (Å²) < 4.78 is 24.9. The first-order valence-corrected chi connectivity index (χ1v) is 9.18. The summed E-state index contributed by atoms with van der Waals surface area (Å²) in [4.78, 5) is -0.339. The van der Waals surface area contributed by atoms with Crippen LogP contribution in [0.25, 0.3) is 0 Å². The number of rotatable bonds is 5. The Bertz CT molecular complexity index is 878. The summed E-state index contributed by atoms with van der Waals surface area (Å²) in [6.45, 7) is 4.18. The van der Waals surface area contributed by atoms with Crippen molar-refractivity contribution in [1.82, 2.24) is 0 Å². The second kappa shape index (κ2) is 7.52. The molecule has 0 saturated heterocycles. The van der Waals surface area contributed by atoms with Gasteiger partial charge in [-0.05, 0) is 47.9 Å². The van der Waals surface area contributed by atoms with Crippen LogP contribution in [0.5, 0.6) is 0 Å². The van der Waals surface area contributed by atoms with Gasteiger partial charge in [-0.1, -0.05) is 37.6 Å². The molecule has 2 aromatic rings. The summed E-state index contributed by atoms with van der Waals surface area (Å²) in [6.07, 6.45) is 1.20. The van der Waals surface area contributed by atoms with E-state index in [4.69, 9.17) is 11.6 Å². The van der Waals surface area contributed by atoms with Crippen molar-refractivity contribution in [2.24, 2.45) is 0 Å². The van der Waals surface area contributed by atoms with Crippen molar-refractivity contribution in [3.05, 3.63) is 70.2 Å². The van der Waals surface area contributed by atoms with Crippen molar-refractivity contribution < 1.29 is 8.42 Å². The van der Waals surface area contributed by atoms with Gasteiger partial charge in [0.2, 0.25) is 9.84 Å². The molecule has 0 spiro atoms. The first kappa shape index (κ1) is 18.1. The third kappa shape index (κ3) is 4.16. The van der Waals surface area contributed by atoms with Gasteiger partial charge < -0.3 is 5.32 Å². The van der Waals surface area contributed by atoms with E-state index in [0.717, 1.165) is 0 Å². The molecule has 0 unspecified atom stereocenters. The van der Waals surface area contributed by atoms with Gasteiger partial charge in [-0.15, -0.1) is 0 Å². The molecule has 0 amide bonds. The van der Waals surface area contributed by atoms with Crippen LogP contribution in [-0.4, -0.2) is 8.42 Å². The highest BCUT2D eigenvalue weighted by Gasteiger charge is 2.20. The monoisotopic (exact) mass is 360 g/mol. The second-order valence-corrected chi connectivity index (χ2v) is 7.85. The third-order valence-corrected chi connectivity index (χ3v) is 5.40. The van der Waals surface area contributed by atoms with E-state index in [1.807, 2.05) is 24.3 Å². The van der Waals surface area contributed by atoms with Crippen molar-refractivity contribution >= 4 is 27.1 Å². The standard InChI is InChI=1S/C18H17ClN2O2S/c1-13(2)14-3-7-16(8-4-14)21-12-18(11-20)24(22,23)17-9-5-15(19)6-10-17/h3-10,12-13,21H,1-2H3/b18-12-. The molecule has 0 atom stereocenters. The summed E-state index contributed by atoms with van der Waals surface area (Å²) in [7, 11) is -3.88. The maximum absolute atomic E-state index is 12.5. The first-order chi connectivity index (χ1) is 11.3. The molecule has 0 aliphatic heterocycles. The number of benzene rings is 2. The highest BCUT2D eigenvalue weighted by molar-refractivity contribution is 7.95. The lowest BCUT2D eigenvalue weighted by molar-refractivity contribution is 0.603. The van der Waals surface area contributed by atoms with Crippen LogP contribution in [0.3, 0.4) is 0 Å². The highest BCUT2D eigenvalue weighted by Crippen LogP contribution is 2.22. The van der Waals surface area contributed by atoms with Gasteiger partial charge in [0.1, 0.15) is 6.07 Å². The molecule has 2 rings (SSSR count). The number of nitriles is 1. The molecule has 124 valence electrons. The van der Waals surface area contributed by atoms with Crippen molar-refractivity contribution in [3.8, 4) is 6.07 Å². The summed E-state index contributed by atoms with van der Waals surface area (Å²) >= 11 is 5.76. The minimum atomic E-state index is -3.88. The Morgan fingerprint density at radius 3 is 2.21 bits per heavy atom. The van der Waals surface area contributed by atoms with E-state index >= 15 is 0 Å². The number of hydrogen-bond acceptors (Lipinski definition) is 4. The van der Waals surface area contributed by atoms with Crippen LogP contribution in [0.2, 0.25) is 5.02 Å². The fraction of sp³-hybridized carbons (Fsp3) is 0.167. The predicted molar refractivity (Wildman–Crippen MR) is 96.5 cm³/mol. The maximum atomic E-state index is 12.5. The van der Waals surface area contributed by atoms with Gasteiger partial charge in [0, 0.05) is 16.9 Å². The van der Waals surface area contributed by atoms with Crippen molar-refractivity contribution in [2.45, 2.75) is 24.7 Å². The summed E-state index contributed by atoms with van der Waals surface area (Å²) in [5, 5.41) is 12.5. The van der Waals surface area contributed by atoms with Crippen LogP contribution < -0.4 is 5.32 Å². The van der Waals surface area contributed by atoms with Crippen LogP contribution >= 0.6 is 11.6 Å². The molecule has 6 heteroatoms. The topological polar surface area (TPSA) is 70.0 Å². The number of allylic oxidation sites excluding steroid dienone is 1. The average molecular weight is 361 g/mol. The fourth-order valence-electron chi connectivity index (χ4n) is 2.02. The van der Waals surface area contributed by atoms with Gasteiger partial charge in [-0.25, -0.2) is 8.42 Å². The summed E-state index contributed by atoms with van der Waals surface area (Å²) in [5.74, 6) is 0.412. The number of halogens is 1. The molecular formula is C18H17ClN2O2S. The smallest absolute Gasteiger partial charge is 0.218 e. The van der Waals surface area contributed by atoms with Gasteiger partial charge in [-0.3, -0.25) is 0 Å². The maximum Gasteiger partial charge on any atom is 0.218 e. The van der Waals surface area contributed by atoms with E-state index in [0.29, 0.717) is 16.6 Å². The Kier molecular flexibility index (Phi) is 5.66. The molecule has 0 heterocycles. The van der Waals surface area contributed by atoms with Crippen molar-refractivity contribution in [2.75, 3.05) is 5.32 Å². The fourth-order valence-corrected chi connectivity index (χ4v) is 3.23. The van der Waals surface area contributed by atoms with Crippen LogP contribution in [0, 0.1) is 11.3 Å². The highest BCUT2D eigenvalue weighted by atomic mass is 35.5. The van der Waals surface area contributed by atoms with Gasteiger partial charge >= 0.3 is 0 Å².